The van der Waals surface area contributed by atoms with E-state index in [9.17, 15) is 17.2 Å². The van der Waals surface area contributed by atoms with Crippen LogP contribution in [-0.4, -0.2) is 18.0 Å². The highest BCUT2D eigenvalue weighted by Crippen LogP contribution is 2.36. The monoisotopic (exact) mass is 515 g/mol. The average Bonchev–Trinajstić information content (AvgIpc) is 3.25. The van der Waals surface area contributed by atoms with Crippen LogP contribution in [0.2, 0.25) is 5.02 Å². The van der Waals surface area contributed by atoms with E-state index < -0.39 is 27.7 Å². The maximum absolute atomic E-state index is 15.0. The van der Waals surface area contributed by atoms with Gasteiger partial charge in [-0.2, -0.15) is 0 Å². The number of benzene rings is 3. The van der Waals surface area contributed by atoms with Gasteiger partial charge >= 0.3 is 0 Å². The second-order valence-electron chi connectivity index (χ2n) is 8.14. The third-order valence-electron chi connectivity index (χ3n) is 5.92. The number of aromatic nitrogens is 2. The number of aryl methyl sites for hydroxylation is 3. The Morgan fingerprint density at radius 1 is 1.06 bits per heavy atom. The fourth-order valence-electron chi connectivity index (χ4n) is 4.10. The van der Waals surface area contributed by atoms with Crippen molar-refractivity contribution in [3.63, 3.8) is 0 Å². The molecule has 1 atom stereocenters. The van der Waals surface area contributed by atoms with Crippen molar-refractivity contribution in [1.29, 1.82) is 0 Å². The molecule has 0 aliphatic rings. The van der Waals surface area contributed by atoms with Crippen LogP contribution in [0.1, 0.15) is 29.9 Å². The molecule has 0 spiro atoms. The summed E-state index contributed by atoms with van der Waals surface area (Å²) in [6, 6.07) is 14.9. The van der Waals surface area contributed by atoms with E-state index in [1.54, 1.807) is 19.2 Å². The Labute approximate surface area is 208 Å². The molecule has 1 aromatic heterocycles. The number of hydrogen-bond acceptors (Lipinski definition) is 3. The lowest BCUT2D eigenvalue weighted by Gasteiger charge is -2.32. The molecule has 0 fully saturated rings. The molecular formula is C26H24ClF2N3O2S. The fourth-order valence-corrected chi connectivity index (χ4v) is 5.86. The lowest BCUT2D eigenvalue weighted by molar-refractivity contribution is 0.569. The predicted molar refractivity (Wildman–Crippen MR) is 133 cm³/mol. The van der Waals surface area contributed by atoms with Crippen LogP contribution in [0.15, 0.2) is 84.0 Å². The molecule has 0 N–H and O–H groups in total. The molecule has 0 saturated carbocycles. The lowest BCUT2D eigenvalue weighted by Crippen LogP contribution is -2.35. The predicted octanol–water partition coefficient (Wildman–Crippen LogP) is 6.32. The Kier molecular flexibility index (Phi) is 7.23. The summed E-state index contributed by atoms with van der Waals surface area (Å²) < 4.78 is 59.7. The molecule has 0 aliphatic heterocycles. The summed E-state index contributed by atoms with van der Waals surface area (Å²) in [6.45, 7) is 4.20. The van der Waals surface area contributed by atoms with Crippen molar-refractivity contribution < 1.29 is 17.2 Å². The van der Waals surface area contributed by atoms with Crippen LogP contribution in [0, 0.1) is 18.6 Å². The summed E-state index contributed by atoms with van der Waals surface area (Å²) in [5.74, 6) is -0.722. The Hall–Kier alpha value is -3.23. The molecule has 35 heavy (non-hydrogen) atoms. The molecular weight excluding hydrogens is 492 g/mol. The van der Waals surface area contributed by atoms with Crippen molar-refractivity contribution in [2.75, 3.05) is 4.31 Å². The summed E-state index contributed by atoms with van der Waals surface area (Å²) in [6.07, 6.45) is 4.19. The lowest BCUT2D eigenvalue weighted by atomic mass is 9.98. The van der Waals surface area contributed by atoms with Crippen molar-refractivity contribution in [2.45, 2.75) is 37.8 Å². The van der Waals surface area contributed by atoms with Crippen molar-refractivity contribution in [1.82, 2.24) is 9.55 Å². The minimum atomic E-state index is -4.29. The van der Waals surface area contributed by atoms with Gasteiger partial charge in [0.05, 0.1) is 16.6 Å². The summed E-state index contributed by atoms with van der Waals surface area (Å²) in [5.41, 5.74) is 1.21. The third-order valence-corrected chi connectivity index (χ3v) is 8.07. The molecule has 0 saturated heterocycles. The Morgan fingerprint density at radius 3 is 2.46 bits per heavy atom. The van der Waals surface area contributed by atoms with E-state index in [-0.39, 0.29) is 10.6 Å². The molecule has 1 unspecified atom stereocenters. The van der Waals surface area contributed by atoms with Gasteiger partial charge in [-0.3, -0.25) is 4.31 Å². The minimum absolute atomic E-state index is 0.0797. The van der Waals surface area contributed by atoms with Crippen molar-refractivity contribution >= 4 is 27.3 Å². The summed E-state index contributed by atoms with van der Waals surface area (Å²) in [7, 11) is -4.29. The van der Waals surface area contributed by atoms with Gasteiger partial charge in [0.15, 0.2) is 0 Å². The van der Waals surface area contributed by atoms with Gasteiger partial charge in [0.1, 0.15) is 17.5 Å². The number of sulfonamides is 1. The van der Waals surface area contributed by atoms with Crippen LogP contribution in [0.25, 0.3) is 0 Å². The highest BCUT2D eigenvalue weighted by molar-refractivity contribution is 7.92. The normalized spacial score (nSPS) is 12.5. The van der Waals surface area contributed by atoms with Gasteiger partial charge in [-0.05, 0) is 67.8 Å². The second-order valence-corrected chi connectivity index (χ2v) is 10.4. The van der Waals surface area contributed by atoms with Gasteiger partial charge in [0.25, 0.3) is 10.0 Å². The van der Waals surface area contributed by atoms with Crippen LogP contribution < -0.4 is 4.31 Å². The molecule has 0 bridgehead atoms. The first-order valence-corrected chi connectivity index (χ1v) is 12.8. The summed E-state index contributed by atoms with van der Waals surface area (Å²) >= 11 is 5.95. The largest absolute Gasteiger partial charge is 0.335 e. The van der Waals surface area contributed by atoms with Crippen LogP contribution in [0.4, 0.5) is 14.5 Å². The van der Waals surface area contributed by atoms with Crippen LogP contribution in [0.3, 0.4) is 0 Å². The first-order chi connectivity index (χ1) is 16.7. The van der Waals surface area contributed by atoms with Gasteiger partial charge < -0.3 is 4.57 Å². The van der Waals surface area contributed by atoms with Crippen LogP contribution >= 0.6 is 11.6 Å². The van der Waals surface area contributed by atoms with E-state index >= 15 is 0 Å². The third kappa shape index (κ3) is 5.23. The second kappa shape index (κ2) is 10.2. The van der Waals surface area contributed by atoms with E-state index in [1.807, 2.05) is 35.9 Å². The van der Waals surface area contributed by atoms with E-state index in [4.69, 9.17) is 11.6 Å². The topological polar surface area (TPSA) is 55.2 Å². The maximum atomic E-state index is 15.0. The first-order valence-electron chi connectivity index (χ1n) is 11.0. The zero-order valence-corrected chi connectivity index (χ0v) is 20.8. The Bertz CT molecular complexity index is 1440. The van der Waals surface area contributed by atoms with Gasteiger partial charge in [-0.25, -0.2) is 22.2 Å². The summed E-state index contributed by atoms with van der Waals surface area (Å²) in [5, 5.41) is 0.362. The zero-order valence-electron chi connectivity index (χ0n) is 19.2. The first kappa shape index (κ1) is 24.9. The number of rotatable bonds is 8. The Morgan fingerprint density at radius 2 is 1.77 bits per heavy atom. The Balaban J connectivity index is 1.81. The molecule has 4 aromatic rings. The van der Waals surface area contributed by atoms with E-state index in [0.717, 1.165) is 33.9 Å². The molecule has 182 valence electrons. The highest BCUT2D eigenvalue weighted by Gasteiger charge is 2.33. The van der Waals surface area contributed by atoms with Crippen LogP contribution in [0.5, 0.6) is 0 Å². The van der Waals surface area contributed by atoms with Gasteiger partial charge in [-0.15, -0.1) is 0 Å². The molecule has 0 aliphatic carbocycles. The molecule has 1 heterocycles. The molecule has 9 heteroatoms. The SMILES string of the molecule is Cc1nccn1CCc1ccccc1C(C)N(c1cc(F)ccc1F)S(=O)(=O)c1ccc(Cl)cc1. The molecule has 0 amide bonds. The number of anilines is 1. The minimum Gasteiger partial charge on any atom is -0.335 e. The number of imidazole rings is 1. The fraction of sp³-hybridized carbons (Fsp3) is 0.192. The van der Waals surface area contributed by atoms with Crippen molar-refractivity contribution in [3.05, 3.63) is 113 Å². The highest BCUT2D eigenvalue weighted by atomic mass is 35.5. The number of hydrogen-bond donors (Lipinski definition) is 0. The molecule has 3 aromatic carbocycles. The number of halogens is 3. The number of nitrogens with zero attached hydrogens (tertiary/aromatic N) is 3. The van der Waals surface area contributed by atoms with Crippen molar-refractivity contribution in [3.8, 4) is 0 Å². The van der Waals surface area contributed by atoms with E-state index in [1.165, 1.54) is 24.3 Å². The maximum Gasteiger partial charge on any atom is 0.264 e. The van der Waals surface area contributed by atoms with Gasteiger partial charge in [0, 0.05) is 30.0 Å². The van der Waals surface area contributed by atoms with Gasteiger partial charge in [-0.1, -0.05) is 35.9 Å². The average molecular weight is 516 g/mol. The smallest absolute Gasteiger partial charge is 0.264 e. The standard InChI is InChI=1S/C26H24ClF2N3O2S/c1-18(24-6-4-3-5-20(24)13-15-31-16-14-30-19(31)2)32(26-17-22(28)9-12-25(26)29)35(33,34)23-10-7-21(27)8-11-23/h3-12,14,16-18H,13,15H2,1-2H3. The zero-order chi connectivity index (χ0) is 25.2. The van der Waals surface area contributed by atoms with E-state index in [2.05, 4.69) is 4.98 Å². The molecule has 0 radical (unpaired) electrons. The quantitative estimate of drug-likeness (QED) is 0.276. The summed E-state index contributed by atoms with van der Waals surface area (Å²) in [4.78, 5) is 4.15. The van der Waals surface area contributed by atoms with Crippen molar-refractivity contribution in [2.24, 2.45) is 0 Å². The molecule has 5 nitrogen and oxygen atoms in total. The molecule has 4 rings (SSSR count). The van der Waals surface area contributed by atoms with Crippen LogP contribution in [-0.2, 0) is 23.0 Å². The van der Waals surface area contributed by atoms with E-state index in [0.29, 0.717) is 23.6 Å². The van der Waals surface area contributed by atoms with Gasteiger partial charge in [0.2, 0.25) is 0 Å².